The van der Waals surface area contributed by atoms with Crippen LogP contribution in [0.1, 0.15) is 32.1 Å². The van der Waals surface area contributed by atoms with Crippen molar-refractivity contribution in [3.05, 3.63) is 47.7 Å². The molecular formula is C15H19NO4S. The van der Waals surface area contributed by atoms with Gasteiger partial charge in [0.05, 0.1) is 5.69 Å². The highest BCUT2D eigenvalue weighted by molar-refractivity contribution is 7.92. The molecule has 0 bridgehead atoms. The quantitative estimate of drug-likeness (QED) is 0.910. The number of rotatable bonds is 4. The number of aliphatic hydroxyl groups is 1. The highest BCUT2D eigenvalue weighted by atomic mass is 32.2. The molecule has 0 aliphatic carbocycles. The van der Waals surface area contributed by atoms with Crippen LogP contribution in [0.25, 0.3) is 0 Å². The van der Waals surface area contributed by atoms with E-state index in [1.54, 1.807) is 12.1 Å². The number of aliphatic hydroxyl groups excluding tert-OH is 1. The number of para-hydroxylation sites is 1. The zero-order chi connectivity index (χ0) is 15.7. The Balaban J connectivity index is 2.38. The molecule has 2 N–H and O–H groups in total. The Labute approximate surface area is 124 Å². The first-order valence-electron chi connectivity index (χ1n) is 6.56. The number of hydrogen-bond acceptors (Lipinski definition) is 4. The number of anilines is 1. The molecule has 0 aliphatic rings. The van der Waals surface area contributed by atoms with Crippen LogP contribution in [0.3, 0.4) is 0 Å². The van der Waals surface area contributed by atoms with E-state index in [1.807, 2.05) is 32.9 Å². The highest BCUT2D eigenvalue weighted by Gasteiger charge is 2.23. The fourth-order valence-electron chi connectivity index (χ4n) is 2.01. The zero-order valence-corrected chi connectivity index (χ0v) is 13.1. The third-order valence-corrected chi connectivity index (χ3v) is 4.27. The Morgan fingerprint density at radius 1 is 1.14 bits per heavy atom. The van der Waals surface area contributed by atoms with Crippen LogP contribution in [-0.2, 0) is 22.0 Å². The first kappa shape index (κ1) is 15.6. The molecule has 0 atom stereocenters. The van der Waals surface area contributed by atoms with Gasteiger partial charge in [-0.2, -0.15) is 8.42 Å². The van der Waals surface area contributed by atoms with E-state index < -0.39 is 10.0 Å². The van der Waals surface area contributed by atoms with E-state index in [-0.39, 0.29) is 22.9 Å². The summed E-state index contributed by atoms with van der Waals surface area (Å²) >= 11 is 0. The summed E-state index contributed by atoms with van der Waals surface area (Å²) in [5, 5.41) is 8.74. The molecule has 0 saturated carbocycles. The maximum atomic E-state index is 12.3. The van der Waals surface area contributed by atoms with Crippen LogP contribution in [0.5, 0.6) is 0 Å². The van der Waals surface area contributed by atoms with Crippen molar-refractivity contribution in [2.45, 2.75) is 37.9 Å². The lowest BCUT2D eigenvalue weighted by molar-refractivity contribution is 0.236. The SMILES string of the molecule is CC(C)(C)c1ccccc1NS(=O)(=O)c1ccc(CO)o1. The van der Waals surface area contributed by atoms with Crippen LogP contribution in [0.15, 0.2) is 45.9 Å². The second-order valence-electron chi connectivity index (χ2n) is 5.78. The number of furan rings is 1. The van der Waals surface area contributed by atoms with Crippen molar-refractivity contribution in [2.24, 2.45) is 0 Å². The molecule has 0 aliphatic heterocycles. The minimum Gasteiger partial charge on any atom is -0.445 e. The van der Waals surface area contributed by atoms with Gasteiger partial charge in [-0.05, 0) is 29.2 Å². The van der Waals surface area contributed by atoms with E-state index >= 15 is 0 Å². The average molecular weight is 309 g/mol. The normalized spacial score (nSPS) is 12.4. The summed E-state index contributed by atoms with van der Waals surface area (Å²) < 4.78 is 32.3. The molecule has 1 aromatic heterocycles. The predicted molar refractivity (Wildman–Crippen MR) is 80.6 cm³/mol. The Hall–Kier alpha value is -1.79. The van der Waals surface area contributed by atoms with Gasteiger partial charge in [-0.15, -0.1) is 0 Å². The van der Waals surface area contributed by atoms with Crippen LogP contribution < -0.4 is 4.72 Å². The lowest BCUT2D eigenvalue weighted by Crippen LogP contribution is -2.18. The molecule has 0 saturated heterocycles. The molecule has 1 heterocycles. The van der Waals surface area contributed by atoms with Crippen LogP contribution in [-0.4, -0.2) is 13.5 Å². The monoisotopic (exact) mass is 309 g/mol. The van der Waals surface area contributed by atoms with Crippen LogP contribution >= 0.6 is 0 Å². The smallest absolute Gasteiger partial charge is 0.295 e. The Bertz CT molecular complexity index is 726. The lowest BCUT2D eigenvalue weighted by Gasteiger charge is -2.23. The van der Waals surface area contributed by atoms with E-state index in [1.165, 1.54) is 12.1 Å². The van der Waals surface area contributed by atoms with Crippen molar-refractivity contribution in [1.82, 2.24) is 0 Å². The Morgan fingerprint density at radius 3 is 2.38 bits per heavy atom. The molecule has 6 heteroatoms. The molecule has 0 amide bonds. The second kappa shape index (κ2) is 5.54. The molecular weight excluding hydrogens is 290 g/mol. The van der Waals surface area contributed by atoms with E-state index in [0.29, 0.717) is 5.69 Å². The van der Waals surface area contributed by atoms with Gasteiger partial charge in [-0.25, -0.2) is 0 Å². The molecule has 0 unspecified atom stereocenters. The van der Waals surface area contributed by atoms with Gasteiger partial charge in [0.25, 0.3) is 10.0 Å². The number of benzene rings is 1. The number of nitrogens with one attached hydrogen (secondary N) is 1. The summed E-state index contributed by atoms with van der Waals surface area (Å²) in [6.45, 7) is 5.69. The van der Waals surface area contributed by atoms with E-state index in [4.69, 9.17) is 9.52 Å². The molecule has 2 rings (SSSR count). The summed E-state index contributed by atoms with van der Waals surface area (Å²) in [6, 6.07) is 10.0. The van der Waals surface area contributed by atoms with Crippen LogP contribution in [0, 0.1) is 0 Å². The molecule has 0 fully saturated rings. The fourth-order valence-corrected chi connectivity index (χ4v) is 3.04. The minimum absolute atomic E-state index is 0.196. The lowest BCUT2D eigenvalue weighted by atomic mass is 9.86. The summed E-state index contributed by atoms with van der Waals surface area (Å²) in [6.07, 6.45) is 0. The van der Waals surface area contributed by atoms with Gasteiger partial charge in [0.2, 0.25) is 5.09 Å². The van der Waals surface area contributed by atoms with Crippen molar-refractivity contribution >= 4 is 15.7 Å². The third kappa shape index (κ3) is 3.46. The van der Waals surface area contributed by atoms with Gasteiger partial charge in [-0.1, -0.05) is 39.0 Å². The second-order valence-corrected chi connectivity index (χ2v) is 7.39. The van der Waals surface area contributed by atoms with Crippen molar-refractivity contribution in [1.29, 1.82) is 0 Å². The minimum atomic E-state index is -3.81. The van der Waals surface area contributed by atoms with E-state index in [9.17, 15) is 8.42 Å². The standard InChI is InChI=1S/C15H19NO4S/c1-15(2,3)12-6-4-5-7-13(12)16-21(18,19)14-9-8-11(10-17)20-14/h4-9,16-17H,10H2,1-3H3. The third-order valence-electron chi connectivity index (χ3n) is 3.04. The molecule has 0 spiro atoms. The van der Waals surface area contributed by atoms with E-state index in [2.05, 4.69) is 4.72 Å². The summed E-state index contributed by atoms with van der Waals surface area (Å²) in [5.74, 6) is 0.208. The summed E-state index contributed by atoms with van der Waals surface area (Å²) in [7, 11) is -3.81. The predicted octanol–water partition coefficient (Wildman–Crippen LogP) is 2.87. The molecule has 2 aromatic rings. The van der Waals surface area contributed by atoms with Crippen molar-refractivity contribution in [3.63, 3.8) is 0 Å². The fraction of sp³-hybridized carbons (Fsp3) is 0.333. The van der Waals surface area contributed by atoms with Crippen LogP contribution in [0.4, 0.5) is 5.69 Å². The first-order valence-corrected chi connectivity index (χ1v) is 8.04. The largest absolute Gasteiger partial charge is 0.445 e. The van der Waals surface area contributed by atoms with Crippen molar-refractivity contribution < 1.29 is 17.9 Å². The molecule has 0 radical (unpaired) electrons. The van der Waals surface area contributed by atoms with Gasteiger partial charge >= 0.3 is 0 Å². The van der Waals surface area contributed by atoms with Crippen molar-refractivity contribution in [2.75, 3.05) is 4.72 Å². The van der Waals surface area contributed by atoms with Crippen LogP contribution in [0.2, 0.25) is 0 Å². The zero-order valence-electron chi connectivity index (χ0n) is 12.3. The van der Waals surface area contributed by atoms with Gasteiger partial charge in [0.15, 0.2) is 0 Å². The maximum Gasteiger partial charge on any atom is 0.295 e. The Kier molecular flexibility index (Phi) is 4.11. The summed E-state index contributed by atoms with van der Waals surface area (Å²) in [5.41, 5.74) is 1.22. The Morgan fingerprint density at radius 2 is 1.81 bits per heavy atom. The average Bonchev–Trinajstić information content (AvgIpc) is 2.87. The highest BCUT2D eigenvalue weighted by Crippen LogP contribution is 2.30. The van der Waals surface area contributed by atoms with Gasteiger partial charge in [0, 0.05) is 0 Å². The maximum absolute atomic E-state index is 12.3. The van der Waals surface area contributed by atoms with Crippen molar-refractivity contribution in [3.8, 4) is 0 Å². The topological polar surface area (TPSA) is 79.5 Å². The summed E-state index contributed by atoms with van der Waals surface area (Å²) in [4.78, 5) is 0. The molecule has 1 aromatic carbocycles. The number of hydrogen-bond donors (Lipinski definition) is 2. The molecule has 21 heavy (non-hydrogen) atoms. The molecule has 114 valence electrons. The van der Waals surface area contributed by atoms with Gasteiger partial charge in [0.1, 0.15) is 12.4 Å². The van der Waals surface area contributed by atoms with Gasteiger partial charge in [-0.3, -0.25) is 4.72 Å². The van der Waals surface area contributed by atoms with E-state index in [0.717, 1.165) is 5.56 Å². The molecule has 5 nitrogen and oxygen atoms in total. The van der Waals surface area contributed by atoms with Gasteiger partial charge < -0.3 is 9.52 Å². The first-order chi connectivity index (χ1) is 9.74. The number of sulfonamides is 1.